The highest BCUT2D eigenvalue weighted by Crippen LogP contribution is 2.23. The van der Waals surface area contributed by atoms with Gasteiger partial charge in [0.15, 0.2) is 0 Å². The Morgan fingerprint density at radius 3 is 2.32 bits per heavy atom. The first kappa shape index (κ1) is 29.5. The molecule has 2 amide bonds. The molecule has 0 saturated heterocycles. The number of sulfonamides is 1. The molecule has 1 aliphatic carbocycles. The van der Waals surface area contributed by atoms with Gasteiger partial charge in [0.25, 0.3) is 0 Å². The second-order valence-corrected chi connectivity index (χ2v) is 11.9. The van der Waals surface area contributed by atoms with Crippen molar-refractivity contribution >= 4 is 27.5 Å². The number of amides is 2. The van der Waals surface area contributed by atoms with Gasteiger partial charge in [0.1, 0.15) is 11.8 Å². The van der Waals surface area contributed by atoms with Crippen molar-refractivity contribution in [1.29, 1.82) is 0 Å². The molecule has 1 aliphatic rings. The van der Waals surface area contributed by atoms with E-state index >= 15 is 0 Å². The Balaban J connectivity index is 1.75. The molecule has 0 aliphatic heterocycles. The van der Waals surface area contributed by atoms with Crippen molar-refractivity contribution in [1.82, 2.24) is 10.2 Å². The molecule has 2 aromatic rings. The second kappa shape index (κ2) is 13.6. The zero-order valence-corrected chi connectivity index (χ0v) is 23.8. The smallest absolute Gasteiger partial charge is 0.243 e. The molecule has 1 fully saturated rings. The molecule has 1 N–H and O–H groups in total. The van der Waals surface area contributed by atoms with Crippen LogP contribution in [0.3, 0.4) is 0 Å². The lowest BCUT2D eigenvalue weighted by atomic mass is 10.0. The normalized spacial score (nSPS) is 14.6. The van der Waals surface area contributed by atoms with Crippen molar-refractivity contribution in [3.63, 3.8) is 0 Å². The zero-order valence-electron chi connectivity index (χ0n) is 23.0. The van der Waals surface area contributed by atoms with Crippen molar-refractivity contribution < 1.29 is 22.7 Å². The molecule has 3 rings (SSSR count). The average molecular weight is 544 g/mol. The van der Waals surface area contributed by atoms with Crippen molar-refractivity contribution in [2.45, 2.75) is 77.4 Å². The van der Waals surface area contributed by atoms with E-state index in [9.17, 15) is 18.0 Å². The summed E-state index contributed by atoms with van der Waals surface area (Å²) >= 11 is 0. The van der Waals surface area contributed by atoms with Crippen LogP contribution in [0.25, 0.3) is 0 Å². The van der Waals surface area contributed by atoms with Crippen LogP contribution in [0.4, 0.5) is 5.69 Å². The van der Waals surface area contributed by atoms with Crippen molar-refractivity contribution in [2.24, 2.45) is 0 Å². The van der Waals surface area contributed by atoms with Gasteiger partial charge in [-0.2, -0.15) is 0 Å². The topological polar surface area (TPSA) is 96.0 Å². The van der Waals surface area contributed by atoms with Gasteiger partial charge >= 0.3 is 0 Å². The summed E-state index contributed by atoms with van der Waals surface area (Å²) < 4.78 is 31.5. The van der Waals surface area contributed by atoms with E-state index in [1.165, 1.54) is 4.31 Å². The number of benzene rings is 2. The van der Waals surface area contributed by atoms with E-state index in [1.807, 2.05) is 38.1 Å². The lowest BCUT2D eigenvalue weighted by Gasteiger charge is -2.32. The number of hydrogen-bond acceptors (Lipinski definition) is 5. The monoisotopic (exact) mass is 543 g/mol. The van der Waals surface area contributed by atoms with Crippen molar-refractivity contribution in [2.75, 3.05) is 24.2 Å². The van der Waals surface area contributed by atoms with E-state index in [4.69, 9.17) is 4.74 Å². The minimum atomic E-state index is -3.55. The fraction of sp³-hybridized carbons (Fsp3) is 0.517. The number of anilines is 1. The second-order valence-electron chi connectivity index (χ2n) is 10.00. The van der Waals surface area contributed by atoms with Gasteiger partial charge in [-0.15, -0.1) is 0 Å². The van der Waals surface area contributed by atoms with Crippen molar-refractivity contribution in [3.05, 3.63) is 59.7 Å². The first-order valence-corrected chi connectivity index (χ1v) is 15.2. The highest BCUT2D eigenvalue weighted by molar-refractivity contribution is 7.92. The summed E-state index contributed by atoms with van der Waals surface area (Å²) in [5.41, 5.74) is 2.56. The first-order valence-electron chi connectivity index (χ1n) is 13.4. The van der Waals surface area contributed by atoms with E-state index in [2.05, 4.69) is 5.32 Å². The number of carbonyl (C=O) groups excluding carboxylic acids is 2. The molecule has 0 heterocycles. The summed E-state index contributed by atoms with van der Waals surface area (Å²) in [5, 5.41) is 3.16. The maximum absolute atomic E-state index is 13.6. The largest absolute Gasteiger partial charge is 0.497 e. The quantitative estimate of drug-likeness (QED) is 0.404. The molecule has 0 spiro atoms. The molecule has 1 saturated carbocycles. The maximum atomic E-state index is 13.6. The zero-order chi connectivity index (χ0) is 27.7. The number of nitrogens with one attached hydrogen (secondary N) is 1. The number of hydrogen-bond donors (Lipinski definition) is 1. The standard InChI is InChI=1S/C29H41N3O5S/c1-5-27(29(34)30-24-13-8-9-14-24)31(21-23-12-7-6-11-22(23)2)28(33)15-10-20-32(38(4,35)36)25-16-18-26(37-3)19-17-25/h6-7,11-12,16-19,24,27H,5,8-10,13-15,20-21H2,1-4H3,(H,30,34). The molecular weight excluding hydrogens is 502 g/mol. The van der Waals surface area contributed by atoms with E-state index < -0.39 is 16.1 Å². The molecule has 0 aromatic heterocycles. The van der Waals surface area contributed by atoms with Crippen LogP contribution in [-0.4, -0.2) is 57.1 Å². The number of aryl methyl sites for hydroxylation is 1. The van der Waals surface area contributed by atoms with Crippen LogP contribution in [0.5, 0.6) is 5.75 Å². The predicted molar refractivity (Wildman–Crippen MR) is 151 cm³/mol. The van der Waals surface area contributed by atoms with Crippen LogP contribution in [0, 0.1) is 6.92 Å². The van der Waals surface area contributed by atoms with Crippen LogP contribution >= 0.6 is 0 Å². The van der Waals surface area contributed by atoms with Gasteiger partial charge in [-0.25, -0.2) is 8.42 Å². The lowest BCUT2D eigenvalue weighted by molar-refractivity contribution is -0.141. The minimum absolute atomic E-state index is 0.114. The minimum Gasteiger partial charge on any atom is -0.497 e. The van der Waals surface area contributed by atoms with Gasteiger partial charge in [0, 0.05) is 25.6 Å². The molecule has 2 aromatic carbocycles. The predicted octanol–water partition coefficient (Wildman–Crippen LogP) is 4.42. The third kappa shape index (κ3) is 7.96. The number of ether oxygens (including phenoxy) is 1. The maximum Gasteiger partial charge on any atom is 0.243 e. The van der Waals surface area contributed by atoms with Gasteiger partial charge in [-0.05, 0) is 68.0 Å². The SMILES string of the molecule is CCC(C(=O)NC1CCCC1)N(Cc1ccccc1C)C(=O)CCCN(c1ccc(OC)cc1)S(C)(=O)=O. The van der Waals surface area contributed by atoms with Crippen LogP contribution in [0.1, 0.15) is 63.0 Å². The fourth-order valence-electron chi connectivity index (χ4n) is 5.01. The van der Waals surface area contributed by atoms with Crippen LogP contribution < -0.4 is 14.4 Å². The number of rotatable bonds is 13. The summed E-state index contributed by atoms with van der Waals surface area (Å²) in [6.07, 6.45) is 6.27. The Hall–Kier alpha value is -3.07. The molecule has 1 unspecified atom stereocenters. The van der Waals surface area contributed by atoms with Gasteiger partial charge < -0.3 is 15.0 Å². The lowest BCUT2D eigenvalue weighted by Crippen LogP contribution is -2.51. The van der Waals surface area contributed by atoms with Crippen LogP contribution in [-0.2, 0) is 26.2 Å². The molecule has 1 atom stereocenters. The van der Waals surface area contributed by atoms with Crippen LogP contribution in [0.15, 0.2) is 48.5 Å². The highest BCUT2D eigenvalue weighted by Gasteiger charge is 2.31. The number of carbonyl (C=O) groups is 2. The van der Waals surface area contributed by atoms with Gasteiger partial charge in [-0.1, -0.05) is 44.0 Å². The average Bonchev–Trinajstić information content (AvgIpc) is 3.40. The van der Waals surface area contributed by atoms with Crippen molar-refractivity contribution in [3.8, 4) is 5.75 Å². The van der Waals surface area contributed by atoms with E-state index in [-0.39, 0.29) is 30.8 Å². The van der Waals surface area contributed by atoms with Gasteiger partial charge in [0.05, 0.1) is 19.1 Å². The molecular formula is C29H41N3O5S. The fourth-order valence-corrected chi connectivity index (χ4v) is 5.98. The Kier molecular flexibility index (Phi) is 10.6. The Bertz CT molecular complexity index is 1180. The summed E-state index contributed by atoms with van der Waals surface area (Å²) in [7, 11) is -2.00. The molecule has 38 heavy (non-hydrogen) atoms. The Labute approximate surface area is 227 Å². The van der Waals surface area contributed by atoms with Gasteiger partial charge in [0.2, 0.25) is 21.8 Å². The highest BCUT2D eigenvalue weighted by atomic mass is 32.2. The Morgan fingerprint density at radius 1 is 1.08 bits per heavy atom. The molecule has 0 bridgehead atoms. The molecule has 0 radical (unpaired) electrons. The third-order valence-corrected chi connectivity index (χ3v) is 8.40. The molecule has 8 nitrogen and oxygen atoms in total. The molecule has 9 heteroatoms. The van der Waals surface area contributed by atoms with Gasteiger partial charge in [-0.3, -0.25) is 13.9 Å². The third-order valence-electron chi connectivity index (χ3n) is 7.20. The number of nitrogens with zero attached hydrogens (tertiary/aromatic N) is 2. The number of methoxy groups -OCH3 is 1. The summed E-state index contributed by atoms with van der Waals surface area (Å²) in [4.78, 5) is 28.6. The molecule has 208 valence electrons. The Morgan fingerprint density at radius 2 is 1.74 bits per heavy atom. The first-order chi connectivity index (χ1) is 18.1. The summed E-state index contributed by atoms with van der Waals surface area (Å²) in [5.74, 6) is 0.355. The van der Waals surface area contributed by atoms with E-state index in [0.29, 0.717) is 30.8 Å². The summed E-state index contributed by atoms with van der Waals surface area (Å²) in [6.45, 7) is 4.40. The summed E-state index contributed by atoms with van der Waals surface area (Å²) in [6, 6.07) is 14.2. The van der Waals surface area contributed by atoms with E-state index in [1.54, 1.807) is 36.3 Å². The van der Waals surface area contributed by atoms with Crippen LogP contribution in [0.2, 0.25) is 0 Å². The van der Waals surface area contributed by atoms with E-state index in [0.717, 1.165) is 43.1 Å².